The fraction of sp³-hybridized carbons (Fsp3) is 0.714. The van der Waals surface area contributed by atoms with Gasteiger partial charge in [-0.25, -0.2) is 4.98 Å². The third kappa shape index (κ3) is 4.85. The van der Waals surface area contributed by atoms with E-state index in [1.165, 1.54) is 4.88 Å². The Balaban J connectivity index is 1.62. The smallest absolute Gasteiger partial charge is 0.305 e. The van der Waals surface area contributed by atoms with E-state index in [9.17, 15) is 4.79 Å². The Hall–Kier alpha value is -0.980. The Bertz CT molecular complexity index is 428. The summed E-state index contributed by atoms with van der Waals surface area (Å²) in [7, 11) is 0. The van der Waals surface area contributed by atoms with Gasteiger partial charge in [0, 0.05) is 24.5 Å². The number of ether oxygens (including phenoxy) is 1. The first-order valence-corrected chi connectivity index (χ1v) is 7.98. The molecular weight excluding hydrogens is 276 g/mol. The summed E-state index contributed by atoms with van der Waals surface area (Å²) in [4.78, 5) is 18.5. The molecule has 1 fully saturated rings. The molecule has 112 valence electrons. The topological polar surface area (TPSA) is 62.7 Å². The van der Waals surface area contributed by atoms with Crippen molar-refractivity contribution in [3.63, 3.8) is 0 Å². The van der Waals surface area contributed by atoms with E-state index in [0.717, 1.165) is 44.6 Å². The van der Waals surface area contributed by atoms with Crippen molar-refractivity contribution in [3.8, 4) is 0 Å². The van der Waals surface area contributed by atoms with Crippen LogP contribution < -0.4 is 0 Å². The molecule has 1 aliphatic rings. The average molecular weight is 298 g/mol. The van der Waals surface area contributed by atoms with Gasteiger partial charge in [0.2, 0.25) is 0 Å². The van der Waals surface area contributed by atoms with Crippen LogP contribution in [-0.4, -0.2) is 53.3 Å². The molecular formula is C14H22N2O3S. The summed E-state index contributed by atoms with van der Waals surface area (Å²) >= 11 is 1.73. The lowest BCUT2D eigenvalue weighted by molar-refractivity contribution is -0.138. The molecule has 2 rings (SSSR count). The summed E-state index contributed by atoms with van der Waals surface area (Å²) in [6, 6.07) is 0. The van der Waals surface area contributed by atoms with Crippen molar-refractivity contribution in [1.82, 2.24) is 9.88 Å². The highest BCUT2D eigenvalue weighted by atomic mass is 32.1. The van der Waals surface area contributed by atoms with Gasteiger partial charge in [0.05, 0.1) is 30.3 Å². The number of carboxylic acid groups (broad SMARTS) is 1. The van der Waals surface area contributed by atoms with Crippen LogP contribution in [0.5, 0.6) is 0 Å². The third-order valence-electron chi connectivity index (χ3n) is 3.70. The molecule has 0 spiro atoms. The van der Waals surface area contributed by atoms with Gasteiger partial charge < -0.3 is 14.7 Å². The molecule has 0 aliphatic carbocycles. The predicted molar refractivity (Wildman–Crippen MR) is 78.2 cm³/mol. The standard InChI is InChI=1S/C14H22N2O3S/c1-11-13(20-10-15-11)4-8-16-6-2-12(3-7-16)19-9-5-14(17)18/h10,12H,2-9H2,1H3,(H,17,18). The van der Waals surface area contributed by atoms with Crippen molar-refractivity contribution in [3.05, 3.63) is 16.1 Å². The molecule has 2 heterocycles. The molecule has 0 unspecified atom stereocenters. The first-order valence-electron chi connectivity index (χ1n) is 7.10. The van der Waals surface area contributed by atoms with Crippen LogP contribution in [0.1, 0.15) is 29.8 Å². The summed E-state index contributed by atoms with van der Waals surface area (Å²) in [6.07, 6.45) is 3.41. The van der Waals surface area contributed by atoms with E-state index in [1.54, 1.807) is 11.3 Å². The quantitative estimate of drug-likeness (QED) is 0.833. The molecule has 6 heteroatoms. The monoisotopic (exact) mass is 298 g/mol. The fourth-order valence-electron chi connectivity index (χ4n) is 2.44. The molecule has 0 atom stereocenters. The minimum atomic E-state index is -0.789. The highest BCUT2D eigenvalue weighted by molar-refractivity contribution is 7.09. The number of aromatic nitrogens is 1. The first-order chi connectivity index (χ1) is 9.65. The van der Waals surface area contributed by atoms with Crippen molar-refractivity contribution >= 4 is 17.3 Å². The lowest BCUT2D eigenvalue weighted by atomic mass is 10.1. The summed E-state index contributed by atoms with van der Waals surface area (Å²) in [5, 5.41) is 8.58. The van der Waals surface area contributed by atoms with Crippen LogP contribution in [0.3, 0.4) is 0 Å². The summed E-state index contributed by atoms with van der Waals surface area (Å²) in [6.45, 7) is 5.55. The van der Waals surface area contributed by atoms with Gasteiger partial charge in [0.15, 0.2) is 0 Å². The zero-order valence-corrected chi connectivity index (χ0v) is 12.7. The number of nitrogens with zero attached hydrogens (tertiary/aromatic N) is 2. The van der Waals surface area contributed by atoms with Crippen molar-refractivity contribution in [2.45, 2.75) is 38.7 Å². The van der Waals surface area contributed by atoms with Crippen molar-refractivity contribution in [2.75, 3.05) is 26.2 Å². The number of aliphatic carboxylic acids is 1. The number of thiazole rings is 1. The second-order valence-electron chi connectivity index (χ2n) is 5.17. The number of likely N-dealkylation sites (tertiary alicyclic amines) is 1. The Morgan fingerprint density at radius 1 is 1.55 bits per heavy atom. The number of piperidine rings is 1. The van der Waals surface area contributed by atoms with Gasteiger partial charge in [-0.3, -0.25) is 4.79 Å². The fourth-order valence-corrected chi connectivity index (χ4v) is 3.21. The van der Waals surface area contributed by atoms with Gasteiger partial charge in [-0.05, 0) is 26.2 Å². The molecule has 1 aliphatic heterocycles. The Morgan fingerprint density at radius 2 is 2.30 bits per heavy atom. The van der Waals surface area contributed by atoms with Crippen LogP contribution in [0, 0.1) is 6.92 Å². The average Bonchev–Trinajstić information content (AvgIpc) is 2.83. The largest absolute Gasteiger partial charge is 0.481 e. The molecule has 0 aromatic carbocycles. The Labute approximate surface area is 123 Å². The van der Waals surface area contributed by atoms with Crippen LogP contribution in [0.4, 0.5) is 0 Å². The maximum atomic E-state index is 10.4. The van der Waals surface area contributed by atoms with E-state index >= 15 is 0 Å². The predicted octanol–water partition coefficient (Wildman–Crippen LogP) is 1.95. The van der Waals surface area contributed by atoms with Crippen LogP contribution in [0.25, 0.3) is 0 Å². The molecule has 0 radical (unpaired) electrons. The third-order valence-corrected chi connectivity index (χ3v) is 4.70. The van der Waals surface area contributed by atoms with Crippen LogP contribution in [0.15, 0.2) is 5.51 Å². The molecule has 1 aromatic heterocycles. The highest BCUT2D eigenvalue weighted by Crippen LogP contribution is 2.17. The number of carboxylic acids is 1. The summed E-state index contributed by atoms with van der Waals surface area (Å²) < 4.78 is 5.60. The first kappa shape index (κ1) is 15.4. The van der Waals surface area contributed by atoms with E-state index in [-0.39, 0.29) is 12.5 Å². The minimum absolute atomic E-state index is 0.102. The van der Waals surface area contributed by atoms with E-state index in [4.69, 9.17) is 9.84 Å². The van der Waals surface area contributed by atoms with Crippen LogP contribution in [-0.2, 0) is 16.0 Å². The highest BCUT2D eigenvalue weighted by Gasteiger charge is 2.19. The number of carbonyl (C=O) groups is 1. The molecule has 0 amide bonds. The second kappa shape index (κ2) is 7.71. The normalized spacial score (nSPS) is 17.4. The molecule has 1 saturated heterocycles. The maximum Gasteiger partial charge on any atom is 0.305 e. The molecule has 20 heavy (non-hydrogen) atoms. The summed E-state index contributed by atoms with van der Waals surface area (Å²) in [5.74, 6) is -0.789. The maximum absolute atomic E-state index is 10.4. The van der Waals surface area contributed by atoms with Crippen LogP contribution >= 0.6 is 11.3 Å². The van der Waals surface area contributed by atoms with Gasteiger partial charge in [-0.2, -0.15) is 0 Å². The lowest BCUT2D eigenvalue weighted by Crippen LogP contribution is -2.38. The van der Waals surface area contributed by atoms with E-state index < -0.39 is 5.97 Å². The second-order valence-corrected chi connectivity index (χ2v) is 6.11. The zero-order valence-electron chi connectivity index (χ0n) is 11.9. The van der Waals surface area contributed by atoms with Crippen molar-refractivity contribution in [2.24, 2.45) is 0 Å². The van der Waals surface area contributed by atoms with Crippen LogP contribution in [0.2, 0.25) is 0 Å². The molecule has 1 aromatic rings. The molecule has 0 bridgehead atoms. The van der Waals surface area contributed by atoms with Crippen molar-refractivity contribution < 1.29 is 14.6 Å². The van der Waals surface area contributed by atoms with Gasteiger partial charge in [0.1, 0.15) is 0 Å². The SMILES string of the molecule is Cc1ncsc1CCN1CCC(OCCC(=O)O)CC1. The molecule has 1 N–H and O–H groups in total. The molecule has 5 nitrogen and oxygen atoms in total. The molecule has 0 saturated carbocycles. The number of hydrogen-bond acceptors (Lipinski definition) is 5. The van der Waals surface area contributed by atoms with Gasteiger partial charge in [-0.1, -0.05) is 0 Å². The van der Waals surface area contributed by atoms with Crippen molar-refractivity contribution in [1.29, 1.82) is 0 Å². The minimum Gasteiger partial charge on any atom is -0.481 e. The zero-order chi connectivity index (χ0) is 14.4. The number of hydrogen-bond donors (Lipinski definition) is 1. The van der Waals surface area contributed by atoms with Gasteiger partial charge in [0.25, 0.3) is 0 Å². The van der Waals surface area contributed by atoms with Gasteiger partial charge >= 0.3 is 5.97 Å². The lowest BCUT2D eigenvalue weighted by Gasteiger charge is -2.31. The van der Waals surface area contributed by atoms with E-state index in [0.29, 0.717) is 6.61 Å². The van der Waals surface area contributed by atoms with Gasteiger partial charge in [-0.15, -0.1) is 11.3 Å². The van der Waals surface area contributed by atoms with E-state index in [2.05, 4.69) is 16.8 Å². The number of rotatable bonds is 7. The Kier molecular flexibility index (Phi) is 5.94. The number of aryl methyl sites for hydroxylation is 1. The van der Waals surface area contributed by atoms with E-state index in [1.807, 2.05) is 5.51 Å². The Morgan fingerprint density at radius 3 is 2.90 bits per heavy atom. The summed E-state index contributed by atoms with van der Waals surface area (Å²) in [5.41, 5.74) is 3.06.